The van der Waals surface area contributed by atoms with Crippen LogP contribution >= 0.6 is 11.3 Å². The lowest BCUT2D eigenvalue weighted by molar-refractivity contribution is 1.08. The van der Waals surface area contributed by atoms with E-state index in [1.165, 1.54) is 41.8 Å². The zero-order chi connectivity index (χ0) is 26.9. The molecular weight excluding hydrogens is 520 g/mol. The molecule has 5 heterocycles. The fraction of sp³-hybridized carbons (Fsp3) is 0. The maximum absolute atomic E-state index is 5.16. The van der Waals surface area contributed by atoms with E-state index in [0.717, 1.165) is 33.8 Å². The Kier molecular flexibility index (Phi) is 4.74. The number of pyridine rings is 2. The predicted octanol–water partition coefficient (Wildman–Crippen LogP) is 9.55. The van der Waals surface area contributed by atoms with Crippen LogP contribution < -0.4 is 0 Å². The molecule has 0 aliphatic heterocycles. The van der Waals surface area contributed by atoms with E-state index >= 15 is 0 Å². The molecule has 0 spiro atoms. The van der Waals surface area contributed by atoms with Gasteiger partial charge in [-0.25, -0.2) is 4.98 Å². The van der Waals surface area contributed by atoms with Gasteiger partial charge in [-0.15, -0.1) is 11.3 Å². The molecule has 0 atom stereocenters. The van der Waals surface area contributed by atoms with Crippen molar-refractivity contribution in [2.45, 2.75) is 0 Å². The second-order valence-corrected chi connectivity index (χ2v) is 11.5. The Labute approximate surface area is 239 Å². The summed E-state index contributed by atoms with van der Waals surface area (Å²) < 4.78 is 7.19. The number of aromatic nitrogens is 4. The highest BCUT2D eigenvalue weighted by molar-refractivity contribution is 7.25. The van der Waals surface area contributed by atoms with Crippen LogP contribution in [0.25, 0.3) is 75.6 Å². The first-order chi connectivity index (χ1) is 20.3. The van der Waals surface area contributed by atoms with Crippen LogP contribution in [0.4, 0.5) is 0 Å². The molecule has 0 N–H and O–H groups in total. The standard InChI is InChI=1S/C36H22N4S/c1-2-9-25(10-3-1)39-17-15-23-18-32-28(20-31(23)39)27-19-29-26-11-4-5-13-34(26)41-35(29)21-33(27)40(32)36-14-6-12-30(38-36)24-8-7-16-37-22-24/h1-22H. The van der Waals surface area contributed by atoms with Crippen LogP contribution in [0.3, 0.4) is 0 Å². The van der Waals surface area contributed by atoms with Gasteiger partial charge in [0.25, 0.3) is 0 Å². The van der Waals surface area contributed by atoms with Gasteiger partial charge in [0.1, 0.15) is 5.82 Å². The smallest absolute Gasteiger partial charge is 0.138 e. The Balaban J connectivity index is 1.40. The third-order valence-corrected chi connectivity index (χ3v) is 9.16. The highest BCUT2D eigenvalue weighted by Crippen LogP contribution is 2.41. The molecule has 5 aromatic heterocycles. The molecule has 0 aliphatic carbocycles. The average molecular weight is 543 g/mol. The van der Waals surface area contributed by atoms with Gasteiger partial charge in [-0.3, -0.25) is 9.55 Å². The Hall–Kier alpha value is -5.26. The third-order valence-electron chi connectivity index (χ3n) is 8.03. The van der Waals surface area contributed by atoms with Gasteiger partial charge in [0.05, 0.1) is 22.2 Å². The summed E-state index contributed by atoms with van der Waals surface area (Å²) in [6.45, 7) is 0. The SMILES string of the molecule is c1ccc(-n2ccc3cc4c(cc32)c2cc3c(cc2n4-c2cccc(-c4cccnc4)n2)sc2ccccc23)cc1. The van der Waals surface area contributed by atoms with Crippen LogP contribution in [-0.2, 0) is 0 Å². The minimum absolute atomic E-state index is 0.897. The minimum atomic E-state index is 0.897. The van der Waals surface area contributed by atoms with Crippen molar-refractivity contribution in [3.8, 4) is 22.8 Å². The summed E-state index contributed by atoms with van der Waals surface area (Å²) in [6, 6.07) is 41.1. The van der Waals surface area contributed by atoms with E-state index in [0.29, 0.717) is 0 Å². The summed E-state index contributed by atoms with van der Waals surface area (Å²) in [7, 11) is 0. The van der Waals surface area contributed by atoms with Crippen molar-refractivity contribution in [1.29, 1.82) is 0 Å². The number of nitrogens with zero attached hydrogens (tertiary/aromatic N) is 4. The molecule has 0 saturated heterocycles. The molecule has 0 radical (unpaired) electrons. The van der Waals surface area contributed by atoms with E-state index < -0.39 is 0 Å². The predicted molar refractivity (Wildman–Crippen MR) is 172 cm³/mol. The second-order valence-electron chi connectivity index (χ2n) is 10.4. The molecule has 0 unspecified atom stereocenters. The number of para-hydroxylation sites is 1. The van der Waals surface area contributed by atoms with Crippen molar-refractivity contribution in [2.24, 2.45) is 0 Å². The largest absolute Gasteiger partial charge is 0.317 e. The molecule has 4 nitrogen and oxygen atoms in total. The molecule has 0 bridgehead atoms. The van der Waals surface area contributed by atoms with Crippen LogP contribution in [0.15, 0.2) is 134 Å². The first kappa shape index (κ1) is 22.5. The van der Waals surface area contributed by atoms with Crippen LogP contribution in [0, 0.1) is 0 Å². The fourth-order valence-corrected chi connectivity index (χ4v) is 7.27. The van der Waals surface area contributed by atoms with Gasteiger partial charge in [0, 0.05) is 66.2 Å². The number of benzene rings is 4. The first-order valence-corrected chi connectivity index (χ1v) is 14.5. The van der Waals surface area contributed by atoms with Crippen molar-refractivity contribution in [2.75, 3.05) is 0 Å². The molecule has 0 saturated carbocycles. The number of rotatable bonds is 3. The molecule has 9 aromatic rings. The normalized spacial score (nSPS) is 11.9. The maximum Gasteiger partial charge on any atom is 0.138 e. The summed E-state index contributed by atoms with van der Waals surface area (Å²) in [5.74, 6) is 0.897. The highest BCUT2D eigenvalue weighted by Gasteiger charge is 2.18. The van der Waals surface area contributed by atoms with Crippen molar-refractivity contribution in [3.05, 3.63) is 134 Å². The number of hydrogen-bond acceptors (Lipinski definition) is 3. The Morgan fingerprint density at radius 2 is 1.44 bits per heavy atom. The lowest BCUT2D eigenvalue weighted by Crippen LogP contribution is -1.98. The van der Waals surface area contributed by atoms with Gasteiger partial charge in [0.15, 0.2) is 0 Å². The Bertz CT molecular complexity index is 2410. The molecule has 9 rings (SSSR count). The van der Waals surface area contributed by atoms with Crippen molar-refractivity contribution >= 4 is 64.2 Å². The topological polar surface area (TPSA) is 35.6 Å². The first-order valence-electron chi connectivity index (χ1n) is 13.7. The van der Waals surface area contributed by atoms with E-state index in [9.17, 15) is 0 Å². The summed E-state index contributed by atoms with van der Waals surface area (Å²) in [6.07, 6.45) is 5.83. The molecular formula is C36H22N4S. The molecule has 4 aromatic carbocycles. The monoisotopic (exact) mass is 542 g/mol. The van der Waals surface area contributed by atoms with Gasteiger partial charge < -0.3 is 4.57 Å². The quantitative estimate of drug-likeness (QED) is 0.223. The Morgan fingerprint density at radius 1 is 0.585 bits per heavy atom. The molecule has 0 fully saturated rings. The van der Waals surface area contributed by atoms with Gasteiger partial charge >= 0.3 is 0 Å². The molecule has 0 aliphatic rings. The molecule has 5 heteroatoms. The fourth-order valence-electron chi connectivity index (χ4n) is 6.15. The van der Waals surface area contributed by atoms with Gasteiger partial charge in [-0.05, 0) is 72.8 Å². The van der Waals surface area contributed by atoms with Crippen molar-refractivity contribution in [3.63, 3.8) is 0 Å². The summed E-state index contributed by atoms with van der Waals surface area (Å²) in [4.78, 5) is 9.48. The number of hydrogen-bond donors (Lipinski definition) is 0. The number of fused-ring (bicyclic) bond motifs is 7. The minimum Gasteiger partial charge on any atom is -0.317 e. The van der Waals surface area contributed by atoms with Crippen molar-refractivity contribution in [1.82, 2.24) is 19.1 Å². The van der Waals surface area contributed by atoms with Crippen LogP contribution in [-0.4, -0.2) is 19.1 Å². The zero-order valence-corrected chi connectivity index (χ0v) is 22.7. The lowest BCUT2D eigenvalue weighted by atomic mass is 10.1. The average Bonchev–Trinajstić information content (AvgIpc) is 3.71. The highest BCUT2D eigenvalue weighted by atomic mass is 32.1. The summed E-state index contributed by atoms with van der Waals surface area (Å²) in [5.41, 5.74) is 6.57. The van der Waals surface area contributed by atoms with Crippen LogP contribution in [0.1, 0.15) is 0 Å². The molecule has 0 amide bonds. The lowest BCUT2D eigenvalue weighted by Gasteiger charge is -2.10. The third kappa shape index (κ3) is 3.39. The zero-order valence-electron chi connectivity index (χ0n) is 21.9. The summed E-state index contributed by atoms with van der Waals surface area (Å²) >= 11 is 1.85. The summed E-state index contributed by atoms with van der Waals surface area (Å²) in [5, 5.41) is 6.25. The van der Waals surface area contributed by atoms with E-state index in [-0.39, 0.29) is 0 Å². The Morgan fingerprint density at radius 3 is 2.34 bits per heavy atom. The number of thiophene rings is 1. The second kappa shape index (κ2) is 8.62. The van der Waals surface area contributed by atoms with Crippen LogP contribution in [0.2, 0.25) is 0 Å². The van der Waals surface area contributed by atoms with Gasteiger partial charge in [-0.1, -0.05) is 42.5 Å². The van der Waals surface area contributed by atoms with E-state index in [4.69, 9.17) is 4.98 Å². The molecule has 192 valence electrons. The molecule has 41 heavy (non-hydrogen) atoms. The van der Waals surface area contributed by atoms with Crippen LogP contribution in [0.5, 0.6) is 0 Å². The van der Waals surface area contributed by atoms with E-state index in [1.54, 1.807) is 6.20 Å². The maximum atomic E-state index is 5.16. The van der Waals surface area contributed by atoms with E-state index in [1.807, 2.05) is 23.6 Å². The van der Waals surface area contributed by atoms with Gasteiger partial charge in [-0.2, -0.15) is 0 Å². The van der Waals surface area contributed by atoms with Gasteiger partial charge in [0.2, 0.25) is 0 Å². The van der Waals surface area contributed by atoms with E-state index in [2.05, 4.69) is 130 Å². The van der Waals surface area contributed by atoms with Crippen molar-refractivity contribution < 1.29 is 0 Å².